The Kier molecular flexibility index (Phi) is 4.46. The summed E-state index contributed by atoms with van der Waals surface area (Å²) in [7, 11) is 0. The van der Waals surface area contributed by atoms with Gasteiger partial charge < -0.3 is 9.47 Å². The predicted molar refractivity (Wildman–Crippen MR) is 152 cm³/mol. The Labute approximate surface area is 220 Å². The zero-order chi connectivity index (χ0) is 25.3. The van der Waals surface area contributed by atoms with Crippen molar-refractivity contribution in [3.05, 3.63) is 120 Å². The van der Waals surface area contributed by atoms with E-state index in [9.17, 15) is 4.79 Å². The lowest BCUT2D eigenvalue weighted by Gasteiger charge is -2.23. The van der Waals surface area contributed by atoms with Crippen molar-refractivity contribution in [3.8, 4) is 0 Å². The summed E-state index contributed by atoms with van der Waals surface area (Å²) in [6.07, 6.45) is 2.65. The molecule has 2 aliphatic rings. The third kappa shape index (κ3) is 3.39. The Balaban J connectivity index is 1.12. The van der Waals surface area contributed by atoms with Crippen molar-refractivity contribution in [2.75, 3.05) is 0 Å². The molecule has 0 aliphatic heterocycles. The standard InChI is InChI=1S/C35H26O3/c36-33(37-34(15-16-34)31-13-5-11-27-19-23-7-1-3-9-25(23)21-29(27)31)38-35(17-18-35)32-14-6-12-28-20-24-8-2-4-10-26(24)22-30(28)32/h1-14,19-22H,15-18H2. The van der Waals surface area contributed by atoms with Crippen molar-refractivity contribution in [2.45, 2.75) is 36.9 Å². The molecule has 0 bridgehead atoms. The lowest BCUT2D eigenvalue weighted by atomic mass is 9.95. The van der Waals surface area contributed by atoms with Gasteiger partial charge in [0.05, 0.1) is 0 Å². The monoisotopic (exact) mass is 494 g/mol. The van der Waals surface area contributed by atoms with Crippen LogP contribution in [0.3, 0.4) is 0 Å². The second-order valence-electron chi connectivity index (χ2n) is 10.9. The second kappa shape index (κ2) is 7.82. The smallest absolute Gasteiger partial charge is 0.423 e. The summed E-state index contributed by atoms with van der Waals surface area (Å²) >= 11 is 0. The van der Waals surface area contributed by atoms with E-state index in [1.807, 2.05) is 0 Å². The fraction of sp³-hybridized carbons (Fsp3) is 0.171. The molecule has 2 aliphatic carbocycles. The van der Waals surface area contributed by atoms with Crippen molar-refractivity contribution in [2.24, 2.45) is 0 Å². The number of hydrogen-bond donors (Lipinski definition) is 0. The highest BCUT2D eigenvalue weighted by Crippen LogP contribution is 2.55. The van der Waals surface area contributed by atoms with Gasteiger partial charge in [0, 0.05) is 11.1 Å². The molecule has 2 fully saturated rings. The van der Waals surface area contributed by atoms with Crippen molar-refractivity contribution >= 4 is 49.2 Å². The zero-order valence-electron chi connectivity index (χ0n) is 20.9. The van der Waals surface area contributed by atoms with Crippen LogP contribution >= 0.6 is 0 Å². The first-order valence-corrected chi connectivity index (χ1v) is 13.4. The van der Waals surface area contributed by atoms with Gasteiger partial charge in [-0.25, -0.2) is 4.79 Å². The van der Waals surface area contributed by atoms with E-state index < -0.39 is 17.4 Å². The van der Waals surface area contributed by atoms with Crippen LogP contribution in [0.25, 0.3) is 43.1 Å². The highest BCUT2D eigenvalue weighted by Gasteiger charge is 2.54. The SMILES string of the molecule is O=C(OC1(c2cccc3cc4ccccc4cc23)CC1)OC1(c2cccc3cc4ccccc4cc23)CC1. The number of carbonyl (C=O) groups excluding carboxylic acids is 1. The maximum atomic E-state index is 13.4. The minimum absolute atomic E-state index is 0.574. The van der Waals surface area contributed by atoms with Gasteiger partial charge in [0.25, 0.3) is 0 Å². The number of benzene rings is 6. The molecule has 38 heavy (non-hydrogen) atoms. The highest BCUT2D eigenvalue weighted by atomic mass is 16.7. The average molecular weight is 495 g/mol. The average Bonchev–Trinajstić information content (AvgIpc) is 3.88. The van der Waals surface area contributed by atoms with Gasteiger partial charge in [-0.05, 0) is 93.0 Å². The van der Waals surface area contributed by atoms with Gasteiger partial charge in [0.1, 0.15) is 11.2 Å². The molecule has 6 aromatic carbocycles. The Bertz CT molecular complexity index is 1770. The lowest BCUT2D eigenvalue weighted by molar-refractivity contribution is -0.0209. The third-order valence-electron chi connectivity index (χ3n) is 8.44. The summed E-state index contributed by atoms with van der Waals surface area (Å²) in [5.74, 6) is 0. The van der Waals surface area contributed by atoms with E-state index in [1.54, 1.807) is 0 Å². The molecule has 3 heteroatoms. The molecule has 0 radical (unpaired) electrons. The molecule has 2 saturated carbocycles. The van der Waals surface area contributed by atoms with E-state index in [2.05, 4.69) is 109 Å². The van der Waals surface area contributed by atoms with Crippen LogP contribution in [0.1, 0.15) is 36.8 Å². The number of ether oxygens (including phenoxy) is 2. The molecule has 184 valence electrons. The summed E-state index contributed by atoms with van der Waals surface area (Å²) in [5.41, 5.74) is 0.895. The van der Waals surface area contributed by atoms with Gasteiger partial charge in [-0.3, -0.25) is 0 Å². The number of carbonyl (C=O) groups is 1. The minimum Gasteiger partial charge on any atom is -0.423 e. The van der Waals surface area contributed by atoms with Gasteiger partial charge in [-0.2, -0.15) is 0 Å². The zero-order valence-corrected chi connectivity index (χ0v) is 20.9. The Morgan fingerprint density at radius 1 is 0.474 bits per heavy atom. The van der Waals surface area contributed by atoms with E-state index in [1.165, 1.54) is 21.5 Å². The van der Waals surface area contributed by atoms with Crippen LogP contribution in [-0.2, 0) is 20.7 Å². The van der Waals surface area contributed by atoms with Crippen LogP contribution in [0.5, 0.6) is 0 Å². The van der Waals surface area contributed by atoms with Gasteiger partial charge >= 0.3 is 6.16 Å². The van der Waals surface area contributed by atoms with Crippen LogP contribution in [0.15, 0.2) is 109 Å². The molecule has 3 nitrogen and oxygen atoms in total. The summed E-state index contributed by atoms with van der Waals surface area (Å²) < 4.78 is 12.3. The fourth-order valence-electron chi connectivity index (χ4n) is 6.15. The largest absolute Gasteiger partial charge is 0.510 e. The van der Waals surface area contributed by atoms with Crippen molar-refractivity contribution in [3.63, 3.8) is 0 Å². The Morgan fingerprint density at radius 2 is 0.842 bits per heavy atom. The summed E-state index contributed by atoms with van der Waals surface area (Å²) in [6.45, 7) is 0. The van der Waals surface area contributed by atoms with E-state index in [0.29, 0.717) is 0 Å². The van der Waals surface area contributed by atoms with Crippen LogP contribution in [-0.4, -0.2) is 6.16 Å². The fourth-order valence-corrected chi connectivity index (χ4v) is 6.15. The molecule has 0 atom stereocenters. The van der Waals surface area contributed by atoms with Crippen LogP contribution in [0, 0.1) is 0 Å². The number of fused-ring (bicyclic) bond motifs is 4. The highest BCUT2D eigenvalue weighted by molar-refractivity contribution is 6.01. The summed E-state index contributed by atoms with van der Waals surface area (Å²) in [4.78, 5) is 13.4. The maximum absolute atomic E-state index is 13.4. The molecule has 6 aromatic rings. The van der Waals surface area contributed by atoms with E-state index in [-0.39, 0.29) is 0 Å². The number of rotatable bonds is 4. The number of hydrogen-bond acceptors (Lipinski definition) is 3. The Morgan fingerprint density at radius 3 is 1.24 bits per heavy atom. The van der Waals surface area contributed by atoms with Crippen molar-refractivity contribution in [1.82, 2.24) is 0 Å². The van der Waals surface area contributed by atoms with Gasteiger partial charge in [0.2, 0.25) is 0 Å². The van der Waals surface area contributed by atoms with Crippen LogP contribution < -0.4 is 0 Å². The minimum atomic E-state index is -0.621. The Hall–Kier alpha value is -4.37. The first-order chi connectivity index (χ1) is 18.6. The molecule has 0 aromatic heterocycles. The first-order valence-electron chi connectivity index (χ1n) is 13.4. The molecule has 8 rings (SSSR count). The molecule has 0 spiro atoms. The molecular formula is C35H26O3. The summed E-state index contributed by atoms with van der Waals surface area (Å²) in [5, 5.41) is 9.38. The van der Waals surface area contributed by atoms with Gasteiger partial charge in [-0.1, -0.05) is 84.9 Å². The van der Waals surface area contributed by atoms with Gasteiger partial charge in [-0.15, -0.1) is 0 Å². The van der Waals surface area contributed by atoms with Gasteiger partial charge in [0.15, 0.2) is 0 Å². The molecule has 0 amide bonds. The first kappa shape index (κ1) is 21.7. The van der Waals surface area contributed by atoms with E-state index in [0.717, 1.165) is 58.4 Å². The van der Waals surface area contributed by atoms with Crippen LogP contribution in [0.2, 0.25) is 0 Å². The molecule has 0 heterocycles. The quantitative estimate of drug-likeness (QED) is 0.181. The second-order valence-corrected chi connectivity index (χ2v) is 10.9. The summed E-state index contributed by atoms with van der Waals surface area (Å²) in [6, 6.07) is 38.2. The molecular weight excluding hydrogens is 468 g/mol. The molecule has 0 unspecified atom stereocenters. The topological polar surface area (TPSA) is 35.5 Å². The van der Waals surface area contributed by atoms with Crippen molar-refractivity contribution < 1.29 is 14.3 Å². The molecule has 0 N–H and O–H groups in total. The normalized spacial score (nSPS) is 17.1. The predicted octanol–water partition coefficient (Wildman–Crippen LogP) is 9.13. The van der Waals surface area contributed by atoms with Crippen LogP contribution in [0.4, 0.5) is 4.79 Å². The van der Waals surface area contributed by atoms with Crippen molar-refractivity contribution in [1.29, 1.82) is 0 Å². The third-order valence-corrected chi connectivity index (χ3v) is 8.44. The maximum Gasteiger partial charge on any atom is 0.510 e. The lowest BCUT2D eigenvalue weighted by Crippen LogP contribution is -2.24. The van der Waals surface area contributed by atoms with E-state index >= 15 is 0 Å². The molecule has 0 saturated heterocycles. The van der Waals surface area contributed by atoms with E-state index in [4.69, 9.17) is 9.47 Å².